The zero-order chi connectivity index (χ0) is 13.2. The Kier molecular flexibility index (Phi) is 4.16. The molecule has 2 atom stereocenters. The summed E-state index contributed by atoms with van der Waals surface area (Å²) in [7, 11) is -1.10. The van der Waals surface area contributed by atoms with Crippen molar-refractivity contribution in [3.63, 3.8) is 0 Å². The molecule has 5 heteroatoms. The number of hydrogen-bond donors (Lipinski definition) is 3. The van der Waals surface area contributed by atoms with Crippen molar-refractivity contribution < 1.29 is 4.21 Å². The molecule has 1 aromatic rings. The van der Waals surface area contributed by atoms with Gasteiger partial charge in [-0.3, -0.25) is 0 Å². The van der Waals surface area contributed by atoms with Gasteiger partial charge in [-0.1, -0.05) is 6.07 Å². The lowest BCUT2D eigenvalue weighted by atomic mass is 10.1. The zero-order valence-electron chi connectivity index (χ0n) is 10.8. The quantitative estimate of drug-likeness (QED) is 0.722. The lowest BCUT2D eigenvalue weighted by molar-refractivity contribution is 0.616. The van der Waals surface area contributed by atoms with Crippen molar-refractivity contribution in [3.8, 4) is 0 Å². The summed E-state index contributed by atoms with van der Waals surface area (Å²) in [5.74, 6) is 0. The second-order valence-corrected chi connectivity index (χ2v) is 7.11. The molecular formula is C12H21N3OS. The Morgan fingerprint density at radius 2 is 1.82 bits per heavy atom. The van der Waals surface area contributed by atoms with E-state index in [2.05, 4.69) is 4.72 Å². The maximum absolute atomic E-state index is 11.9. The van der Waals surface area contributed by atoms with Crippen molar-refractivity contribution in [3.05, 3.63) is 23.8 Å². The summed E-state index contributed by atoms with van der Waals surface area (Å²) in [6, 6.07) is 5.44. The molecule has 0 aromatic heterocycles. The standard InChI is InChI=1S/C12H21N3OS/c1-8(15-17(16)12(2,3)4)9-5-6-10(13)11(14)7-9/h5-8,15H,13-14H2,1-4H3/t8-,17?/m0/s1. The van der Waals surface area contributed by atoms with Gasteiger partial charge in [0.25, 0.3) is 0 Å². The molecule has 1 unspecified atom stereocenters. The minimum absolute atomic E-state index is 0.0297. The maximum Gasteiger partial charge on any atom is 0.0975 e. The van der Waals surface area contributed by atoms with Crippen molar-refractivity contribution in [2.75, 3.05) is 11.5 Å². The second-order valence-electron chi connectivity index (χ2n) is 5.11. The predicted octanol–water partition coefficient (Wildman–Crippen LogP) is 1.96. The highest BCUT2D eigenvalue weighted by molar-refractivity contribution is 7.84. The van der Waals surface area contributed by atoms with Crippen molar-refractivity contribution >= 4 is 22.4 Å². The van der Waals surface area contributed by atoms with E-state index in [1.54, 1.807) is 6.07 Å². The molecule has 0 spiro atoms. The highest BCUT2D eigenvalue weighted by atomic mass is 32.2. The van der Waals surface area contributed by atoms with Crippen LogP contribution in [0.3, 0.4) is 0 Å². The average molecular weight is 255 g/mol. The van der Waals surface area contributed by atoms with E-state index in [0.717, 1.165) is 5.56 Å². The normalized spacial score (nSPS) is 15.5. The van der Waals surface area contributed by atoms with Crippen LogP contribution in [0.2, 0.25) is 0 Å². The molecule has 5 N–H and O–H groups in total. The molecule has 0 bridgehead atoms. The molecule has 0 radical (unpaired) electrons. The van der Waals surface area contributed by atoms with E-state index < -0.39 is 11.0 Å². The first kappa shape index (κ1) is 14.0. The summed E-state index contributed by atoms with van der Waals surface area (Å²) in [6.07, 6.45) is 0. The van der Waals surface area contributed by atoms with Gasteiger partial charge in [0.05, 0.1) is 27.1 Å². The van der Waals surface area contributed by atoms with E-state index in [1.807, 2.05) is 39.8 Å². The van der Waals surface area contributed by atoms with E-state index in [9.17, 15) is 4.21 Å². The molecule has 0 amide bonds. The third kappa shape index (κ3) is 3.71. The van der Waals surface area contributed by atoms with Crippen molar-refractivity contribution in [1.29, 1.82) is 0 Å². The van der Waals surface area contributed by atoms with E-state index in [-0.39, 0.29) is 10.8 Å². The predicted molar refractivity (Wildman–Crippen MR) is 74.7 cm³/mol. The third-order valence-electron chi connectivity index (χ3n) is 2.45. The van der Waals surface area contributed by atoms with Gasteiger partial charge in [0.1, 0.15) is 0 Å². The highest BCUT2D eigenvalue weighted by Crippen LogP contribution is 2.22. The lowest BCUT2D eigenvalue weighted by Crippen LogP contribution is -2.34. The van der Waals surface area contributed by atoms with Gasteiger partial charge in [0.2, 0.25) is 0 Å². The van der Waals surface area contributed by atoms with Gasteiger partial charge in [-0.25, -0.2) is 8.93 Å². The molecule has 4 nitrogen and oxygen atoms in total. The lowest BCUT2D eigenvalue weighted by Gasteiger charge is -2.22. The molecule has 17 heavy (non-hydrogen) atoms. The molecule has 0 fully saturated rings. The van der Waals surface area contributed by atoms with Gasteiger partial charge in [-0.05, 0) is 45.4 Å². The Balaban J connectivity index is 2.80. The number of nitrogen functional groups attached to an aromatic ring is 2. The van der Waals surface area contributed by atoms with Crippen LogP contribution < -0.4 is 16.2 Å². The molecule has 0 aliphatic heterocycles. The Hall–Kier alpha value is -1.07. The van der Waals surface area contributed by atoms with Crippen LogP contribution in [-0.2, 0) is 11.0 Å². The second kappa shape index (κ2) is 5.06. The fourth-order valence-electron chi connectivity index (χ4n) is 1.27. The van der Waals surface area contributed by atoms with E-state index in [4.69, 9.17) is 11.5 Å². The third-order valence-corrected chi connectivity index (χ3v) is 4.13. The Labute approximate surface area is 105 Å². The van der Waals surface area contributed by atoms with Crippen LogP contribution in [0.1, 0.15) is 39.3 Å². The Bertz CT molecular complexity index is 426. The molecule has 0 saturated heterocycles. The van der Waals surface area contributed by atoms with Crippen LogP contribution >= 0.6 is 0 Å². The van der Waals surface area contributed by atoms with Crippen LogP contribution in [0.5, 0.6) is 0 Å². The van der Waals surface area contributed by atoms with Crippen molar-refractivity contribution in [1.82, 2.24) is 4.72 Å². The first-order valence-corrected chi connectivity index (χ1v) is 6.69. The molecule has 0 heterocycles. The maximum atomic E-state index is 11.9. The van der Waals surface area contributed by atoms with Gasteiger partial charge < -0.3 is 11.5 Å². The zero-order valence-corrected chi connectivity index (χ0v) is 11.6. The topological polar surface area (TPSA) is 81.1 Å². The van der Waals surface area contributed by atoms with Crippen LogP contribution in [0, 0.1) is 0 Å². The molecule has 1 aromatic carbocycles. The minimum atomic E-state index is -1.10. The van der Waals surface area contributed by atoms with E-state index in [0.29, 0.717) is 11.4 Å². The summed E-state index contributed by atoms with van der Waals surface area (Å²) in [6.45, 7) is 7.75. The summed E-state index contributed by atoms with van der Waals surface area (Å²) < 4.78 is 14.7. The van der Waals surface area contributed by atoms with Crippen LogP contribution in [0.15, 0.2) is 18.2 Å². The van der Waals surface area contributed by atoms with Crippen LogP contribution in [-0.4, -0.2) is 8.96 Å². The smallest absolute Gasteiger partial charge is 0.0975 e. The largest absolute Gasteiger partial charge is 0.397 e. The number of rotatable bonds is 3. The molecule has 0 saturated carbocycles. The SMILES string of the molecule is C[C@H](NS(=O)C(C)(C)C)c1ccc(N)c(N)c1. The first-order chi connectivity index (χ1) is 7.71. The fraction of sp³-hybridized carbons (Fsp3) is 0.500. The van der Waals surface area contributed by atoms with Crippen molar-refractivity contribution in [2.45, 2.75) is 38.5 Å². The summed E-state index contributed by atoms with van der Waals surface area (Å²) in [5, 5.41) is 0. The number of anilines is 2. The number of nitrogens with one attached hydrogen (secondary N) is 1. The van der Waals surface area contributed by atoms with E-state index >= 15 is 0 Å². The molecular weight excluding hydrogens is 234 g/mol. The molecule has 1 rings (SSSR count). The summed E-state index contributed by atoms with van der Waals surface area (Å²) >= 11 is 0. The van der Waals surface area contributed by atoms with Gasteiger partial charge in [-0.2, -0.15) is 0 Å². The van der Waals surface area contributed by atoms with E-state index in [1.165, 1.54) is 0 Å². The Morgan fingerprint density at radius 3 is 2.29 bits per heavy atom. The molecule has 96 valence electrons. The van der Waals surface area contributed by atoms with Gasteiger partial charge in [0, 0.05) is 6.04 Å². The van der Waals surface area contributed by atoms with Crippen LogP contribution in [0.4, 0.5) is 11.4 Å². The first-order valence-electron chi connectivity index (χ1n) is 5.54. The summed E-state index contributed by atoms with van der Waals surface area (Å²) in [4.78, 5) is 0. The Morgan fingerprint density at radius 1 is 1.24 bits per heavy atom. The molecule has 0 aliphatic carbocycles. The molecule has 0 aliphatic rings. The number of benzene rings is 1. The number of nitrogens with two attached hydrogens (primary N) is 2. The monoisotopic (exact) mass is 255 g/mol. The van der Waals surface area contributed by atoms with Crippen molar-refractivity contribution in [2.24, 2.45) is 0 Å². The average Bonchev–Trinajstić information content (AvgIpc) is 2.20. The fourth-order valence-corrected chi connectivity index (χ4v) is 2.08. The van der Waals surface area contributed by atoms with Crippen LogP contribution in [0.25, 0.3) is 0 Å². The van der Waals surface area contributed by atoms with Gasteiger partial charge in [0.15, 0.2) is 0 Å². The highest BCUT2D eigenvalue weighted by Gasteiger charge is 2.21. The van der Waals surface area contributed by atoms with Gasteiger partial charge >= 0.3 is 0 Å². The minimum Gasteiger partial charge on any atom is -0.397 e. The summed E-state index contributed by atoms with van der Waals surface area (Å²) in [5.41, 5.74) is 13.5. The van der Waals surface area contributed by atoms with Gasteiger partial charge in [-0.15, -0.1) is 0 Å². The number of hydrogen-bond acceptors (Lipinski definition) is 3.